The lowest BCUT2D eigenvalue weighted by molar-refractivity contribution is -0.149. The molecule has 0 spiro atoms. The minimum absolute atomic E-state index is 0.100. The van der Waals surface area contributed by atoms with E-state index in [2.05, 4.69) is 5.09 Å². The SMILES string of the molecule is Cc1cn(C2OC(COP(=S)(NC(C)C(=O)OC(C)C)Oc3ccccc3)C(O)C2(F)Cl)c(=O)[nH]c1=O. The Bertz CT molecular complexity index is 1270. The van der Waals surface area contributed by atoms with Crippen molar-refractivity contribution < 1.29 is 32.8 Å². The molecule has 1 aromatic heterocycles. The zero-order valence-electron chi connectivity index (χ0n) is 20.4. The smallest absolute Gasteiger partial charge is 0.330 e. The molecule has 6 unspecified atom stereocenters. The summed E-state index contributed by atoms with van der Waals surface area (Å²) in [7, 11) is 0. The minimum atomic E-state index is -3.52. The van der Waals surface area contributed by atoms with Gasteiger partial charge >= 0.3 is 18.3 Å². The average molecular weight is 580 g/mol. The van der Waals surface area contributed by atoms with E-state index in [1.807, 2.05) is 4.98 Å². The van der Waals surface area contributed by atoms with Crippen molar-refractivity contribution in [2.45, 2.75) is 63.4 Å². The lowest BCUT2D eigenvalue weighted by Crippen LogP contribution is -2.42. The highest BCUT2D eigenvalue weighted by Crippen LogP contribution is 2.48. The standard InChI is InChI=1S/C22H28ClFN3O8PS/c1-12(2)33-19(30)14(4)26-36(37,35-15-8-6-5-7-9-15)32-11-16-17(28)22(23,24)20(34-16)27-10-13(3)18(29)25-21(27)31/h5-10,12,14,16-17,20,28H,11H2,1-4H3,(H,26,37)(H,25,29,31). The number of ether oxygens (including phenoxy) is 2. The molecule has 1 aliphatic heterocycles. The third-order valence-corrected chi connectivity index (χ3v) is 8.12. The molecule has 6 atom stereocenters. The molecular weight excluding hydrogens is 552 g/mol. The molecule has 0 aliphatic carbocycles. The van der Waals surface area contributed by atoms with E-state index in [1.54, 1.807) is 44.2 Å². The van der Waals surface area contributed by atoms with Gasteiger partial charge in [0, 0.05) is 11.8 Å². The van der Waals surface area contributed by atoms with Crippen molar-refractivity contribution >= 4 is 36.0 Å². The molecule has 0 saturated carbocycles. The van der Waals surface area contributed by atoms with Crippen molar-refractivity contribution in [1.29, 1.82) is 0 Å². The Morgan fingerprint density at radius 1 is 1.35 bits per heavy atom. The van der Waals surface area contributed by atoms with Gasteiger partial charge in [0.1, 0.15) is 24.0 Å². The highest BCUT2D eigenvalue weighted by atomic mass is 35.5. The number of aryl methyl sites for hydroxylation is 1. The summed E-state index contributed by atoms with van der Waals surface area (Å²) in [5, 5.41) is 10.4. The molecule has 1 aliphatic rings. The lowest BCUT2D eigenvalue weighted by Gasteiger charge is -2.28. The molecule has 15 heteroatoms. The molecule has 1 aromatic carbocycles. The fourth-order valence-corrected chi connectivity index (χ4v) is 6.09. The zero-order chi connectivity index (χ0) is 27.5. The first-order valence-electron chi connectivity index (χ1n) is 11.2. The van der Waals surface area contributed by atoms with E-state index in [0.717, 1.165) is 10.8 Å². The molecule has 0 radical (unpaired) electrons. The van der Waals surface area contributed by atoms with E-state index < -0.39 is 60.1 Å². The van der Waals surface area contributed by atoms with Crippen LogP contribution in [0.25, 0.3) is 0 Å². The molecule has 1 fully saturated rings. The van der Waals surface area contributed by atoms with Crippen LogP contribution in [0, 0.1) is 6.92 Å². The second-order valence-electron chi connectivity index (χ2n) is 8.66. The predicted octanol–water partition coefficient (Wildman–Crippen LogP) is 2.26. The van der Waals surface area contributed by atoms with E-state index in [0.29, 0.717) is 5.75 Å². The first-order chi connectivity index (χ1) is 17.2. The molecule has 37 heavy (non-hydrogen) atoms. The number of hydrogen-bond acceptors (Lipinski definition) is 9. The van der Waals surface area contributed by atoms with Gasteiger partial charge in [-0.25, -0.2) is 14.3 Å². The second-order valence-corrected chi connectivity index (χ2v) is 12.4. The molecule has 3 rings (SSSR count). The van der Waals surface area contributed by atoms with Gasteiger partial charge in [-0.05, 0) is 51.6 Å². The van der Waals surface area contributed by atoms with Gasteiger partial charge in [-0.2, -0.15) is 0 Å². The number of aromatic nitrogens is 2. The number of nitrogens with one attached hydrogen (secondary N) is 2. The number of aromatic amines is 1. The summed E-state index contributed by atoms with van der Waals surface area (Å²) in [6.07, 6.45) is -4.44. The van der Waals surface area contributed by atoms with Crippen LogP contribution >= 0.6 is 18.2 Å². The molecule has 0 amide bonds. The van der Waals surface area contributed by atoms with Crippen LogP contribution in [0.15, 0.2) is 46.1 Å². The number of H-pyrrole nitrogens is 1. The fourth-order valence-electron chi connectivity index (χ4n) is 3.37. The van der Waals surface area contributed by atoms with Gasteiger partial charge < -0.3 is 23.6 Å². The van der Waals surface area contributed by atoms with Gasteiger partial charge in [0.2, 0.25) is 0 Å². The maximum atomic E-state index is 15.4. The molecule has 2 heterocycles. The van der Waals surface area contributed by atoms with E-state index in [1.165, 1.54) is 13.8 Å². The first-order valence-corrected chi connectivity index (χ1v) is 14.3. The third kappa shape index (κ3) is 7.05. The largest absolute Gasteiger partial charge is 0.462 e. The summed E-state index contributed by atoms with van der Waals surface area (Å²) < 4.78 is 38.5. The Hall–Kier alpha value is -2.12. The second kappa shape index (κ2) is 11.7. The number of carbonyl (C=O) groups excluding carboxylic acids is 1. The quantitative estimate of drug-likeness (QED) is 0.218. The maximum absolute atomic E-state index is 15.4. The molecular formula is C22H28ClFN3O8PS. The van der Waals surface area contributed by atoms with Crippen molar-refractivity contribution in [3.63, 3.8) is 0 Å². The number of rotatable bonds is 10. The molecule has 2 aromatic rings. The van der Waals surface area contributed by atoms with Crippen LogP contribution in [0.3, 0.4) is 0 Å². The Morgan fingerprint density at radius 2 is 2.00 bits per heavy atom. The van der Waals surface area contributed by atoms with E-state index >= 15 is 4.39 Å². The highest BCUT2D eigenvalue weighted by molar-refractivity contribution is 8.09. The summed E-state index contributed by atoms with van der Waals surface area (Å²) in [6.45, 7) is 2.26. The van der Waals surface area contributed by atoms with Crippen LogP contribution in [0.5, 0.6) is 5.75 Å². The van der Waals surface area contributed by atoms with Gasteiger partial charge in [-0.3, -0.25) is 19.1 Å². The van der Waals surface area contributed by atoms with Crippen LogP contribution in [-0.4, -0.2) is 56.7 Å². The van der Waals surface area contributed by atoms with Crippen molar-refractivity contribution in [3.05, 3.63) is 62.9 Å². The Morgan fingerprint density at radius 3 is 2.62 bits per heavy atom. The fraction of sp³-hybridized carbons (Fsp3) is 0.500. The number of esters is 1. The van der Waals surface area contributed by atoms with Crippen molar-refractivity contribution in [1.82, 2.24) is 14.6 Å². The van der Waals surface area contributed by atoms with Gasteiger partial charge in [0.05, 0.1) is 12.7 Å². The minimum Gasteiger partial charge on any atom is -0.462 e. The molecule has 11 nitrogen and oxygen atoms in total. The van der Waals surface area contributed by atoms with Crippen LogP contribution < -0.4 is 20.9 Å². The summed E-state index contributed by atoms with van der Waals surface area (Å²) in [4.78, 5) is 38.3. The van der Waals surface area contributed by atoms with Crippen LogP contribution in [0.4, 0.5) is 4.39 Å². The Labute approximate surface area is 222 Å². The zero-order valence-corrected chi connectivity index (χ0v) is 22.9. The first kappa shape index (κ1) is 29.4. The summed E-state index contributed by atoms with van der Waals surface area (Å²) in [5.41, 5.74) is -1.54. The van der Waals surface area contributed by atoms with Crippen molar-refractivity contribution in [2.24, 2.45) is 0 Å². The molecule has 1 saturated heterocycles. The van der Waals surface area contributed by atoms with Gasteiger partial charge in [0.25, 0.3) is 10.7 Å². The van der Waals surface area contributed by atoms with Gasteiger partial charge in [0.15, 0.2) is 6.23 Å². The average Bonchev–Trinajstić information content (AvgIpc) is 3.03. The topological polar surface area (TPSA) is 141 Å². The number of para-hydroxylation sites is 1. The number of nitrogens with zero attached hydrogens (tertiary/aromatic N) is 1. The predicted molar refractivity (Wildman–Crippen MR) is 137 cm³/mol. The summed E-state index contributed by atoms with van der Waals surface area (Å²) in [6, 6.07) is 7.48. The van der Waals surface area contributed by atoms with Crippen LogP contribution in [0.2, 0.25) is 0 Å². The van der Waals surface area contributed by atoms with Crippen molar-refractivity contribution in [3.8, 4) is 5.75 Å². The number of halogens is 2. The summed E-state index contributed by atoms with van der Waals surface area (Å²) in [5.74, 6) is -0.265. The van der Waals surface area contributed by atoms with E-state index in [4.69, 9.17) is 41.9 Å². The molecule has 204 valence electrons. The number of carbonyl (C=O) groups is 1. The number of alkyl halides is 2. The van der Waals surface area contributed by atoms with Crippen LogP contribution in [0.1, 0.15) is 32.6 Å². The molecule has 3 N–H and O–H groups in total. The van der Waals surface area contributed by atoms with E-state index in [9.17, 15) is 19.5 Å². The normalized spacial score (nSPS) is 26.0. The number of benzene rings is 1. The number of aliphatic hydroxyl groups is 1. The van der Waals surface area contributed by atoms with Gasteiger partial charge in [-0.1, -0.05) is 29.8 Å². The number of aliphatic hydroxyl groups excluding tert-OH is 1. The van der Waals surface area contributed by atoms with Crippen LogP contribution in [-0.2, 0) is 30.6 Å². The van der Waals surface area contributed by atoms with E-state index in [-0.39, 0.29) is 11.7 Å². The Balaban J connectivity index is 1.82. The number of hydrogen-bond donors (Lipinski definition) is 3. The molecule has 0 bridgehead atoms. The summed E-state index contributed by atoms with van der Waals surface area (Å²) >= 11 is 11.5. The highest BCUT2D eigenvalue weighted by Gasteiger charge is 2.58. The maximum Gasteiger partial charge on any atom is 0.330 e. The lowest BCUT2D eigenvalue weighted by atomic mass is 10.1. The van der Waals surface area contributed by atoms with Crippen molar-refractivity contribution in [2.75, 3.05) is 6.61 Å². The Kier molecular flexibility index (Phi) is 9.33. The monoisotopic (exact) mass is 579 g/mol. The third-order valence-electron chi connectivity index (χ3n) is 5.21. The van der Waals surface area contributed by atoms with Gasteiger partial charge in [-0.15, -0.1) is 0 Å².